The Kier molecular flexibility index (Phi) is 4.96. The van der Waals surface area contributed by atoms with Crippen LogP contribution in [0.3, 0.4) is 0 Å². The first-order valence-electron chi connectivity index (χ1n) is 6.51. The highest BCUT2D eigenvalue weighted by Gasteiger charge is 2.24. The van der Waals surface area contributed by atoms with E-state index in [-0.39, 0.29) is 17.9 Å². The summed E-state index contributed by atoms with van der Waals surface area (Å²) in [5, 5.41) is 9.49. The van der Waals surface area contributed by atoms with E-state index in [1.165, 1.54) is 0 Å². The van der Waals surface area contributed by atoms with Gasteiger partial charge in [0.2, 0.25) is 5.91 Å². The average Bonchev–Trinajstić information content (AvgIpc) is 2.39. The van der Waals surface area contributed by atoms with Crippen LogP contribution in [0.25, 0.3) is 0 Å². The largest absolute Gasteiger partial charge is 0.393 e. The molecule has 0 aliphatic carbocycles. The lowest BCUT2D eigenvalue weighted by Crippen LogP contribution is -2.41. The van der Waals surface area contributed by atoms with E-state index in [1.807, 2.05) is 24.3 Å². The van der Waals surface area contributed by atoms with Crippen molar-refractivity contribution in [1.29, 1.82) is 0 Å². The Labute approximate surface area is 121 Å². The standard InChI is InChI=1S/C14H19BrN2O2/c15-11-3-1-10(2-4-11)13(14(16)19)9-17-7-5-12(18)6-8-17/h1-4,12-13,18H,5-9H2,(H2,16,19)/t13-/m1/s1. The Bertz CT molecular complexity index is 428. The van der Waals surface area contributed by atoms with Crippen LogP contribution in [0, 0.1) is 0 Å². The molecule has 1 heterocycles. The maximum Gasteiger partial charge on any atom is 0.226 e. The number of carbonyl (C=O) groups excluding carboxylic acids is 1. The first kappa shape index (κ1) is 14.5. The van der Waals surface area contributed by atoms with E-state index < -0.39 is 0 Å². The topological polar surface area (TPSA) is 66.6 Å². The monoisotopic (exact) mass is 326 g/mol. The lowest BCUT2D eigenvalue weighted by atomic mass is 9.96. The maximum atomic E-state index is 11.7. The minimum absolute atomic E-state index is 0.198. The van der Waals surface area contributed by atoms with Crippen LogP contribution in [0.4, 0.5) is 0 Å². The average molecular weight is 327 g/mol. The summed E-state index contributed by atoms with van der Waals surface area (Å²) in [5.74, 6) is -0.586. The number of benzene rings is 1. The molecule has 19 heavy (non-hydrogen) atoms. The van der Waals surface area contributed by atoms with Gasteiger partial charge in [0.25, 0.3) is 0 Å². The second-order valence-electron chi connectivity index (χ2n) is 5.04. The lowest BCUT2D eigenvalue weighted by molar-refractivity contribution is -0.120. The van der Waals surface area contributed by atoms with Crippen molar-refractivity contribution in [2.45, 2.75) is 24.9 Å². The fraction of sp³-hybridized carbons (Fsp3) is 0.500. The highest BCUT2D eigenvalue weighted by molar-refractivity contribution is 9.10. The minimum Gasteiger partial charge on any atom is -0.393 e. The Morgan fingerprint density at radius 1 is 1.37 bits per heavy atom. The summed E-state index contributed by atoms with van der Waals surface area (Å²) >= 11 is 3.38. The molecule has 0 saturated carbocycles. The number of nitrogens with two attached hydrogens (primary N) is 1. The van der Waals surface area contributed by atoms with Crippen molar-refractivity contribution in [1.82, 2.24) is 4.90 Å². The van der Waals surface area contributed by atoms with Gasteiger partial charge >= 0.3 is 0 Å². The van der Waals surface area contributed by atoms with Crippen LogP contribution in [-0.4, -0.2) is 41.7 Å². The molecule has 0 bridgehead atoms. The molecule has 3 N–H and O–H groups in total. The maximum absolute atomic E-state index is 11.7. The Hall–Kier alpha value is -0.910. The van der Waals surface area contributed by atoms with E-state index >= 15 is 0 Å². The molecular weight excluding hydrogens is 308 g/mol. The highest BCUT2D eigenvalue weighted by atomic mass is 79.9. The Morgan fingerprint density at radius 3 is 2.47 bits per heavy atom. The van der Waals surface area contributed by atoms with E-state index in [2.05, 4.69) is 20.8 Å². The van der Waals surface area contributed by atoms with E-state index in [0.717, 1.165) is 36.0 Å². The Balaban J connectivity index is 2.04. The minimum atomic E-state index is -0.298. The smallest absolute Gasteiger partial charge is 0.226 e. The summed E-state index contributed by atoms with van der Waals surface area (Å²) in [7, 11) is 0. The number of halogens is 1. The molecule has 1 fully saturated rings. The zero-order valence-corrected chi connectivity index (χ0v) is 12.3. The number of amides is 1. The second kappa shape index (κ2) is 6.50. The number of nitrogens with zero attached hydrogens (tertiary/aromatic N) is 1. The summed E-state index contributed by atoms with van der Waals surface area (Å²) in [6.07, 6.45) is 1.34. The van der Waals surface area contributed by atoms with Crippen LogP contribution >= 0.6 is 15.9 Å². The molecule has 2 rings (SSSR count). The number of aliphatic hydroxyl groups is 1. The van der Waals surface area contributed by atoms with Crippen molar-refractivity contribution in [3.63, 3.8) is 0 Å². The number of carbonyl (C=O) groups is 1. The van der Waals surface area contributed by atoms with Crippen LogP contribution in [0.2, 0.25) is 0 Å². The zero-order valence-electron chi connectivity index (χ0n) is 10.8. The van der Waals surface area contributed by atoms with Gasteiger partial charge < -0.3 is 15.7 Å². The number of hydrogen-bond acceptors (Lipinski definition) is 3. The van der Waals surface area contributed by atoms with Crippen molar-refractivity contribution in [2.75, 3.05) is 19.6 Å². The van der Waals surface area contributed by atoms with Crippen LogP contribution in [0.5, 0.6) is 0 Å². The van der Waals surface area contributed by atoms with E-state index in [4.69, 9.17) is 5.73 Å². The normalized spacial score (nSPS) is 19.3. The van der Waals surface area contributed by atoms with Gasteiger partial charge in [-0.05, 0) is 30.5 Å². The summed E-state index contributed by atoms with van der Waals surface area (Å²) in [4.78, 5) is 13.9. The fourth-order valence-corrected chi connectivity index (χ4v) is 2.68. The highest BCUT2D eigenvalue weighted by Crippen LogP contribution is 2.21. The van der Waals surface area contributed by atoms with Crippen molar-refractivity contribution in [3.05, 3.63) is 34.3 Å². The quantitative estimate of drug-likeness (QED) is 0.880. The van der Waals surface area contributed by atoms with Crippen LogP contribution < -0.4 is 5.73 Å². The number of likely N-dealkylation sites (tertiary alicyclic amines) is 1. The van der Waals surface area contributed by atoms with Gasteiger partial charge in [-0.25, -0.2) is 0 Å². The second-order valence-corrected chi connectivity index (χ2v) is 5.95. The van der Waals surface area contributed by atoms with Gasteiger partial charge in [-0.2, -0.15) is 0 Å². The van der Waals surface area contributed by atoms with Gasteiger partial charge in [0.1, 0.15) is 0 Å². The van der Waals surface area contributed by atoms with Crippen molar-refractivity contribution < 1.29 is 9.90 Å². The predicted molar refractivity (Wildman–Crippen MR) is 77.8 cm³/mol. The molecule has 0 unspecified atom stereocenters. The summed E-state index contributed by atoms with van der Waals surface area (Å²) in [6, 6.07) is 7.70. The van der Waals surface area contributed by atoms with Gasteiger partial charge in [0, 0.05) is 24.1 Å². The van der Waals surface area contributed by atoms with Gasteiger partial charge in [-0.3, -0.25) is 4.79 Å². The molecule has 1 aromatic carbocycles. The van der Waals surface area contributed by atoms with Gasteiger partial charge in [-0.15, -0.1) is 0 Å². The number of rotatable bonds is 4. The van der Waals surface area contributed by atoms with Gasteiger partial charge in [0.15, 0.2) is 0 Å². The molecule has 1 aliphatic heterocycles. The van der Waals surface area contributed by atoms with Gasteiger partial charge in [0.05, 0.1) is 12.0 Å². The number of aliphatic hydroxyl groups excluding tert-OH is 1. The van der Waals surface area contributed by atoms with Gasteiger partial charge in [-0.1, -0.05) is 28.1 Å². The summed E-state index contributed by atoms with van der Waals surface area (Å²) in [5.41, 5.74) is 6.47. The summed E-state index contributed by atoms with van der Waals surface area (Å²) in [6.45, 7) is 2.27. The SMILES string of the molecule is NC(=O)[C@H](CN1CCC(O)CC1)c1ccc(Br)cc1. The molecule has 0 radical (unpaired) electrons. The van der Waals surface area contributed by atoms with E-state index in [0.29, 0.717) is 6.54 Å². The van der Waals surface area contributed by atoms with Crippen LogP contribution in [0.1, 0.15) is 24.3 Å². The molecule has 5 heteroatoms. The number of primary amides is 1. The third-order valence-corrected chi connectivity index (χ3v) is 4.14. The lowest BCUT2D eigenvalue weighted by Gasteiger charge is -2.31. The molecule has 0 aromatic heterocycles. The van der Waals surface area contributed by atoms with Crippen LogP contribution in [-0.2, 0) is 4.79 Å². The summed E-state index contributed by atoms with van der Waals surface area (Å²) < 4.78 is 0.987. The van der Waals surface area contributed by atoms with Crippen molar-refractivity contribution in [3.8, 4) is 0 Å². The zero-order chi connectivity index (χ0) is 13.8. The van der Waals surface area contributed by atoms with Crippen molar-refractivity contribution >= 4 is 21.8 Å². The molecule has 4 nitrogen and oxygen atoms in total. The Morgan fingerprint density at radius 2 is 1.95 bits per heavy atom. The molecular formula is C14H19BrN2O2. The van der Waals surface area contributed by atoms with Crippen LogP contribution in [0.15, 0.2) is 28.7 Å². The predicted octanol–water partition coefficient (Wildman–Crippen LogP) is 1.47. The molecule has 104 valence electrons. The number of piperidine rings is 1. The molecule has 1 aromatic rings. The first-order valence-corrected chi connectivity index (χ1v) is 7.31. The van der Waals surface area contributed by atoms with Crippen molar-refractivity contribution in [2.24, 2.45) is 5.73 Å². The molecule has 1 saturated heterocycles. The molecule has 1 atom stereocenters. The fourth-order valence-electron chi connectivity index (χ4n) is 2.41. The molecule has 1 amide bonds. The third-order valence-electron chi connectivity index (χ3n) is 3.61. The number of hydrogen-bond donors (Lipinski definition) is 2. The van der Waals surface area contributed by atoms with E-state index in [9.17, 15) is 9.90 Å². The third kappa shape index (κ3) is 4.03. The van der Waals surface area contributed by atoms with E-state index in [1.54, 1.807) is 0 Å². The molecule has 1 aliphatic rings. The molecule has 0 spiro atoms. The first-order chi connectivity index (χ1) is 9.06.